The molecule has 0 fully saturated rings. The minimum atomic E-state index is -1.03. The van der Waals surface area contributed by atoms with Crippen LogP contribution in [0.4, 0.5) is 0 Å². The standard InChI is InChI=1S/C32H36ClNO3/c1-4-5-6-7-9-25-12-14-26(15-13-25)16-17-27-18-20-28(21-19-27)23-34(37-24-31(35)36)32(2,3)29-10-8-11-30(33)22-29/h8,10-15,18-22H,4-7,9,23-24H2,1-3H3,(H,35,36). The third-order valence-electron chi connectivity index (χ3n) is 6.40. The lowest BCUT2D eigenvalue weighted by Gasteiger charge is -2.37. The van der Waals surface area contributed by atoms with Gasteiger partial charge in [-0.2, -0.15) is 5.06 Å². The van der Waals surface area contributed by atoms with Gasteiger partial charge in [-0.3, -0.25) is 4.84 Å². The molecule has 3 aromatic carbocycles. The molecule has 0 atom stereocenters. The number of unbranched alkanes of at least 4 members (excludes halogenated alkanes) is 3. The van der Waals surface area contributed by atoms with Gasteiger partial charge in [0.1, 0.15) is 0 Å². The molecule has 3 aromatic rings. The summed E-state index contributed by atoms with van der Waals surface area (Å²) in [7, 11) is 0. The Balaban J connectivity index is 1.67. The second-order valence-corrected chi connectivity index (χ2v) is 10.2. The zero-order valence-corrected chi connectivity index (χ0v) is 22.7. The van der Waals surface area contributed by atoms with Crippen molar-refractivity contribution in [2.45, 2.75) is 65.0 Å². The summed E-state index contributed by atoms with van der Waals surface area (Å²) in [5.74, 6) is 5.46. The number of carboxylic acids is 1. The Bertz CT molecular complexity index is 1210. The van der Waals surface area contributed by atoms with Gasteiger partial charge in [-0.25, -0.2) is 4.79 Å². The van der Waals surface area contributed by atoms with E-state index in [0.717, 1.165) is 28.7 Å². The molecule has 1 N–H and O–H groups in total. The first-order chi connectivity index (χ1) is 17.8. The van der Waals surface area contributed by atoms with Gasteiger partial charge in [-0.05, 0) is 79.8 Å². The Labute approximate surface area is 226 Å². The van der Waals surface area contributed by atoms with Gasteiger partial charge in [0.05, 0.1) is 12.1 Å². The number of aliphatic carboxylic acids is 1. The van der Waals surface area contributed by atoms with E-state index in [2.05, 4.69) is 43.0 Å². The van der Waals surface area contributed by atoms with E-state index in [1.807, 2.05) is 62.4 Å². The molecule has 0 saturated heterocycles. The highest BCUT2D eigenvalue weighted by Crippen LogP contribution is 2.31. The van der Waals surface area contributed by atoms with Crippen LogP contribution in [-0.2, 0) is 28.1 Å². The fourth-order valence-electron chi connectivity index (χ4n) is 4.07. The van der Waals surface area contributed by atoms with E-state index in [0.29, 0.717) is 11.6 Å². The van der Waals surface area contributed by atoms with E-state index in [-0.39, 0.29) is 0 Å². The second kappa shape index (κ2) is 14.0. The van der Waals surface area contributed by atoms with Crippen LogP contribution in [0.1, 0.15) is 74.3 Å². The second-order valence-electron chi connectivity index (χ2n) is 9.73. The van der Waals surface area contributed by atoms with E-state index in [9.17, 15) is 9.90 Å². The lowest BCUT2D eigenvalue weighted by atomic mass is 9.93. The molecule has 0 aliphatic heterocycles. The van der Waals surface area contributed by atoms with Gasteiger partial charge in [-0.15, -0.1) is 0 Å². The maximum absolute atomic E-state index is 11.2. The zero-order chi connectivity index (χ0) is 26.7. The SMILES string of the molecule is CCCCCCc1ccc(C#Cc2ccc(CN(OCC(=O)O)C(C)(C)c3cccc(Cl)c3)cc2)cc1. The van der Waals surface area contributed by atoms with Gasteiger partial charge in [0.2, 0.25) is 0 Å². The van der Waals surface area contributed by atoms with Crippen LogP contribution in [0.3, 0.4) is 0 Å². The van der Waals surface area contributed by atoms with Crippen molar-refractivity contribution in [3.63, 3.8) is 0 Å². The summed E-state index contributed by atoms with van der Waals surface area (Å²) >= 11 is 6.21. The van der Waals surface area contributed by atoms with E-state index in [1.54, 1.807) is 5.06 Å². The summed E-state index contributed by atoms with van der Waals surface area (Å²) in [6.45, 7) is 6.18. The largest absolute Gasteiger partial charge is 0.479 e. The highest BCUT2D eigenvalue weighted by molar-refractivity contribution is 6.30. The van der Waals surface area contributed by atoms with Crippen molar-refractivity contribution in [1.29, 1.82) is 0 Å². The molecule has 0 spiro atoms. The molecule has 194 valence electrons. The molecule has 5 heteroatoms. The number of carbonyl (C=O) groups is 1. The Hall–Kier alpha value is -3.10. The van der Waals surface area contributed by atoms with Gasteiger partial charge >= 0.3 is 5.97 Å². The van der Waals surface area contributed by atoms with Crippen LogP contribution in [0.5, 0.6) is 0 Å². The van der Waals surface area contributed by atoms with Crippen LogP contribution >= 0.6 is 11.6 Å². The van der Waals surface area contributed by atoms with Crippen LogP contribution in [0.2, 0.25) is 5.02 Å². The molecule has 0 unspecified atom stereocenters. The van der Waals surface area contributed by atoms with Crippen molar-refractivity contribution < 1.29 is 14.7 Å². The van der Waals surface area contributed by atoms with Gasteiger partial charge in [-0.1, -0.05) is 86.0 Å². The number of carboxylic acid groups (broad SMARTS) is 1. The van der Waals surface area contributed by atoms with E-state index < -0.39 is 18.1 Å². The molecule has 0 aromatic heterocycles. The average molecular weight is 518 g/mol. The van der Waals surface area contributed by atoms with Crippen LogP contribution in [0.15, 0.2) is 72.8 Å². The summed E-state index contributed by atoms with van der Waals surface area (Å²) in [5.41, 5.74) is 4.58. The molecule has 0 aliphatic carbocycles. The molecule has 0 aliphatic rings. The van der Waals surface area contributed by atoms with Crippen LogP contribution < -0.4 is 0 Å². The number of benzene rings is 3. The lowest BCUT2D eigenvalue weighted by Crippen LogP contribution is -2.42. The van der Waals surface area contributed by atoms with Crippen LogP contribution in [0, 0.1) is 11.8 Å². The van der Waals surface area contributed by atoms with Crippen molar-refractivity contribution in [2.24, 2.45) is 0 Å². The van der Waals surface area contributed by atoms with Crippen molar-refractivity contribution >= 4 is 17.6 Å². The monoisotopic (exact) mass is 517 g/mol. The molecular formula is C32H36ClNO3. The van der Waals surface area contributed by atoms with Gasteiger partial charge in [0.15, 0.2) is 6.61 Å². The fraction of sp³-hybridized carbons (Fsp3) is 0.344. The first-order valence-electron chi connectivity index (χ1n) is 12.9. The summed E-state index contributed by atoms with van der Waals surface area (Å²) in [6, 6.07) is 24.0. The minimum absolute atomic E-state index is 0.403. The number of hydrogen-bond donors (Lipinski definition) is 1. The number of nitrogens with zero attached hydrogens (tertiary/aromatic N) is 1. The molecule has 3 rings (SSSR count). The minimum Gasteiger partial charge on any atom is -0.479 e. The van der Waals surface area contributed by atoms with Crippen molar-refractivity contribution in [3.8, 4) is 11.8 Å². The third-order valence-corrected chi connectivity index (χ3v) is 6.64. The smallest absolute Gasteiger partial charge is 0.331 e. The highest BCUT2D eigenvalue weighted by atomic mass is 35.5. The molecule has 37 heavy (non-hydrogen) atoms. The zero-order valence-electron chi connectivity index (χ0n) is 22.0. The average Bonchev–Trinajstić information content (AvgIpc) is 2.89. The maximum atomic E-state index is 11.2. The predicted molar refractivity (Wildman–Crippen MR) is 150 cm³/mol. The van der Waals surface area contributed by atoms with Crippen LogP contribution in [-0.4, -0.2) is 22.7 Å². The van der Waals surface area contributed by atoms with Gasteiger partial charge in [0, 0.05) is 16.1 Å². The Morgan fingerprint density at radius 1 is 0.919 bits per heavy atom. The van der Waals surface area contributed by atoms with Crippen molar-refractivity contribution in [2.75, 3.05) is 6.61 Å². The number of hydrogen-bond acceptors (Lipinski definition) is 3. The summed E-state index contributed by atoms with van der Waals surface area (Å²) in [6.07, 6.45) is 6.20. The first kappa shape index (κ1) is 28.5. The molecular weight excluding hydrogens is 482 g/mol. The maximum Gasteiger partial charge on any atom is 0.331 e. The lowest BCUT2D eigenvalue weighted by molar-refractivity contribution is -0.229. The summed E-state index contributed by atoms with van der Waals surface area (Å²) < 4.78 is 0. The Morgan fingerprint density at radius 2 is 1.54 bits per heavy atom. The van der Waals surface area contributed by atoms with Crippen LogP contribution in [0.25, 0.3) is 0 Å². The van der Waals surface area contributed by atoms with Crippen molar-refractivity contribution in [1.82, 2.24) is 5.06 Å². The predicted octanol–water partition coefficient (Wildman–Crippen LogP) is 7.62. The first-order valence-corrected chi connectivity index (χ1v) is 13.2. The molecule has 0 radical (unpaired) electrons. The normalized spacial score (nSPS) is 11.3. The summed E-state index contributed by atoms with van der Waals surface area (Å²) in [5, 5.41) is 11.5. The molecule has 4 nitrogen and oxygen atoms in total. The van der Waals surface area contributed by atoms with Gasteiger partial charge in [0.25, 0.3) is 0 Å². The quantitative estimate of drug-likeness (QED) is 0.152. The number of halogens is 1. The van der Waals surface area contributed by atoms with E-state index >= 15 is 0 Å². The number of hydroxylamine groups is 2. The number of aryl methyl sites for hydroxylation is 1. The molecule has 0 saturated carbocycles. The van der Waals surface area contributed by atoms with E-state index in [4.69, 9.17) is 16.4 Å². The van der Waals surface area contributed by atoms with Crippen molar-refractivity contribution in [3.05, 3.63) is 106 Å². The fourth-order valence-corrected chi connectivity index (χ4v) is 4.26. The van der Waals surface area contributed by atoms with Gasteiger partial charge < -0.3 is 5.11 Å². The third kappa shape index (κ3) is 9.05. The summed E-state index contributed by atoms with van der Waals surface area (Å²) in [4.78, 5) is 16.9. The molecule has 0 amide bonds. The molecule has 0 bridgehead atoms. The van der Waals surface area contributed by atoms with E-state index in [1.165, 1.54) is 31.2 Å². The number of rotatable bonds is 12. The Morgan fingerprint density at radius 3 is 2.11 bits per heavy atom. The topological polar surface area (TPSA) is 49.8 Å². The molecule has 0 heterocycles. The highest BCUT2D eigenvalue weighted by Gasteiger charge is 2.31. The Kier molecular flexibility index (Phi) is 10.8.